The fourth-order valence-electron chi connectivity index (χ4n) is 4.22. The standard InChI is InChI=1S/C18H23N3OS.C11H14N4O/c1-3-8-23-18-5-4-16(9-17(18)20(2)13-22)21-11-14-6-7-19-10-15(14)12-21;1-3-5-8(6-4-2)7-9-13-11(10(12)16)15-14-9/h4-5,9-10,13H,3,6-8,11-12H2,1-2H3;3-6H,1,7H2,2H3,(H2,12,16)(H,13,14,15)/b;6-4-,8-5+. The predicted molar refractivity (Wildman–Crippen MR) is 161 cm³/mol. The maximum Gasteiger partial charge on any atom is 0.288 e. The molecule has 0 atom stereocenters. The van der Waals surface area contributed by atoms with E-state index in [1.54, 1.807) is 11.0 Å². The van der Waals surface area contributed by atoms with Crippen LogP contribution < -0.4 is 15.5 Å². The van der Waals surface area contributed by atoms with E-state index in [0.717, 1.165) is 55.9 Å². The molecular weight excluding hydrogens is 510 g/mol. The minimum Gasteiger partial charge on any atom is -0.363 e. The molecule has 2 aromatic rings. The van der Waals surface area contributed by atoms with E-state index in [9.17, 15) is 9.59 Å². The van der Waals surface area contributed by atoms with Gasteiger partial charge >= 0.3 is 0 Å². The number of aromatic nitrogens is 3. The first kappa shape index (κ1) is 29.6. The Morgan fingerprint density at radius 2 is 2.15 bits per heavy atom. The summed E-state index contributed by atoms with van der Waals surface area (Å²) in [6, 6.07) is 6.47. The van der Waals surface area contributed by atoms with Gasteiger partial charge in [0.15, 0.2) is 0 Å². The van der Waals surface area contributed by atoms with Crippen molar-refractivity contribution in [3.8, 4) is 0 Å². The van der Waals surface area contributed by atoms with Crippen LogP contribution in [0.1, 0.15) is 43.1 Å². The second-order valence-corrected chi connectivity index (χ2v) is 10.2. The fraction of sp³-hybridized carbons (Fsp3) is 0.345. The molecule has 0 saturated carbocycles. The van der Waals surface area contributed by atoms with Crippen LogP contribution in [0.15, 0.2) is 75.7 Å². The van der Waals surface area contributed by atoms with Gasteiger partial charge in [0, 0.05) is 49.9 Å². The third-order valence-corrected chi connectivity index (χ3v) is 7.40. The third-order valence-electron chi connectivity index (χ3n) is 6.13. The smallest absolute Gasteiger partial charge is 0.288 e. The number of carbonyl (C=O) groups excluding carboxylic acids is 2. The number of nitrogens with two attached hydrogens (primary N) is 1. The summed E-state index contributed by atoms with van der Waals surface area (Å²) in [6.45, 7) is 10.5. The Labute approximate surface area is 234 Å². The van der Waals surface area contributed by atoms with Crippen molar-refractivity contribution in [3.63, 3.8) is 0 Å². The second-order valence-electron chi connectivity index (χ2n) is 9.11. The molecule has 0 bridgehead atoms. The van der Waals surface area contributed by atoms with Crippen molar-refractivity contribution in [3.05, 3.63) is 77.5 Å². The number of allylic oxidation sites excluding steroid dienone is 5. The number of aromatic amines is 1. The van der Waals surface area contributed by atoms with Crippen LogP contribution in [-0.2, 0) is 11.2 Å². The van der Waals surface area contributed by atoms with E-state index in [2.05, 4.69) is 56.8 Å². The van der Waals surface area contributed by atoms with Crippen LogP contribution >= 0.6 is 11.8 Å². The summed E-state index contributed by atoms with van der Waals surface area (Å²) in [6.07, 6.45) is 13.1. The molecule has 0 aliphatic carbocycles. The van der Waals surface area contributed by atoms with Gasteiger partial charge in [0.1, 0.15) is 5.82 Å². The number of dihydropyridines is 1. The first-order valence-electron chi connectivity index (χ1n) is 13.0. The zero-order chi connectivity index (χ0) is 28.2. The quantitative estimate of drug-likeness (QED) is 0.243. The SMILES string of the molecule is C=C/C=C(\C=C/C)Cc1nc(C(N)=O)n[nH]1.CCCSc1ccc(N2CC3=C(CCN=C3)C2)cc1N(C)C=O. The molecule has 2 aliphatic heterocycles. The number of primary amides is 1. The van der Waals surface area contributed by atoms with Gasteiger partial charge in [-0.1, -0.05) is 37.8 Å². The van der Waals surface area contributed by atoms with Crippen LogP contribution in [0.5, 0.6) is 0 Å². The molecule has 0 spiro atoms. The number of H-pyrrole nitrogens is 1. The lowest BCUT2D eigenvalue weighted by atomic mass is 10.1. The van der Waals surface area contributed by atoms with Crippen LogP contribution in [0.3, 0.4) is 0 Å². The molecule has 2 amide bonds. The largest absolute Gasteiger partial charge is 0.363 e. The zero-order valence-corrected chi connectivity index (χ0v) is 23.7. The summed E-state index contributed by atoms with van der Waals surface area (Å²) in [5.41, 5.74) is 11.1. The third kappa shape index (κ3) is 8.28. The van der Waals surface area contributed by atoms with Crippen molar-refractivity contribution in [2.75, 3.05) is 42.2 Å². The van der Waals surface area contributed by atoms with Gasteiger partial charge in [-0.2, -0.15) is 0 Å². The molecule has 4 rings (SSSR count). The molecule has 9 nitrogen and oxygen atoms in total. The van der Waals surface area contributed by atoms with Crippen LogP contribution in [0.2, 0.25) is 0 Å². The molecule has 0 fully saturated rings. The van der Waals surface area contributed by atoms with Gasteiger partial charge in [-0.25, -0.2) is 4.98 Å². The summed E-state index contributed by atoms with van der Waals surface area (Å²) in [5, 5.41) is 6.36. The number of amides is 2. The Morgan fingerprint density at radius 1 is 1.33 bits per heavy atom. The lowest BCUT2D eigenvalue weighted by Gasteiger charge is -2.23. The van der Waals surface area contributed by atoms with Crippen molar-refractivity contribution in [1.29, 1.82) is 0 Å². The number of benzene rings is 1. The molecule has 0 unspecified atom stereocenters. The minimum absolute atomic E-state index is 0.00781. The van der Waals surface area contributed by atoms with Crippen molar-refractivity contribution in [2.45, 2.75) is 38.0 Å². The molecule has 1 aromatic carbocycles. The first-order valence-corrected chi connectivity index (χ1v) is 13.9. The molecular formula is C29H37N7O2S. The first-order chi connectivity index (χ1) is 18.9. The summed E-state index contributed by atoms with van der Waals surface area (Å²) in [5.74, 6) is 1.03. The van der Waals surface area contributed by atoms with Crippen LogP contribution in [-0.4, -0.2) is 66.1 Å². The van der Waals surface area contributed by atoms with E-state index in [-0.39, 0.29) is 5.82 Å². The lowest BCUT2D eigenvalue weighted by Crippen LogP contribution is -2.22. The van der Waals surface area contributed by atoms with Gasteiger partial charge in [0.2, 0.25) is 12.2 Å². The van der Waals surface area contributed by atoms with E-state index in [1.165, 1.54) is 21.7 Å². The maximum absolute atomic E-state index is 11.2. The highest BCUT2D eigenvalue weighted by atomic mass is 32.2. The number of rotatable bonds is 11. The number of aliphatic imine (C=N–C) groups is 1. The summed E-state index contributed by atoms with van der Waals surface area (Å²) in [4.78, 5) is 35.6. The van der Waals surface area contributed by atoms with Gasteiger partial charge in [0.25, 0.3) is 5.91 Å². The lowest BCUT2D eigenvalue weighted by molar-refractivity contribution is -0.107. The number of anilines is 2. The number of hydrogen-bond donors (Lipinski definition) is 2. The summed E-state index contributed by atoms with van der Waals surface area (Å²) >= 11 is 1.81. The van der Waals surface area contributed by atoms with Gasteiger partial charge in [-0.3, -0.25) is 19.7 Å². The highest BCUT2D eigenvalue weighted by molar-refractivity contribution is 7.99. The highest BCUT2D eigenvalue weighted by Crippen LogP contribution is 2.35. The van der Waals surface area contributed by atoms with Crippen LogP contribution in [0.4, 0.5) is 11.4 Å². The fourth-order valence-corrected chi connectivity index (χ4v) is 5.16. The Morgan fingerprint density at radius 3 is 2.79 bits per heavy atom. The van der Waals surface area contributed by atoms with Gasteiger partial charge in [-0.15, -0.1) is 16.9 Å². The van der Waals surface area contributed by atoms with Crippen LogP contribution in [0.25, 0.3) is 0 Å². The normalized spacial score (nSPS) is 14.7. The summed E-state index contributed by atoms with van der Waals surface area (Å²) in [7, 11) is 1.82. The zero-order valence-electron chi connectivity index (χ0n) is 22.9. The highest BCUT2D eigenvalue weighted by Gasteiger charge is 2.23. The molecule has 206 valence electrons. The van der Waals surface area contributed by atoms with E-state index in [4.69, 9.17) is 5.73 Å². The minimum atomic E-state index is -0.636. The number of nitrogens with zero attached hydrogens (tertiary/aromatic N) is 5. The number of nitrogens with one attached hydrogen (secondary N) is 1. The molecule has 10 heteroatoms. The average Bonchev–Trinajstić information content (AvgIpc) is 3.59. The Kier molecular flexibility index (Phi) is 11.3. The van der Waals surface area contributed by atoms with E-state index < -0.39 is 5.91 Å². The molecule has 0 radical (unpaired) electrons. The predicted octanol–water partition coefficient (Wildman–Crippen LogP) is 4.51. The number of hydrogen-bond acceptors (Lipinski definition) is 7. The Balaban J connectivity index is 0.000000231. The van der Waals surface area contributed by atoms with E-state index >= 15 is 0 Å². The van der Waals surface area contributed by atoms with E-state index in [1.807, 2.05) is 50.2 Å². The topological polar surface area (TPSA) is 121 Å². The molecule has 3 heterocycles. The second kappa shape index (κ2) is 14.9. The van der Waals surface area contributed by atoms with Crippen LogP contribution in [0, 0.1) is 0 Å². The Hall–Kier alpha value is -3.92. The van der Waals surface area contributed by atoms with E-state index in [0.29, 0.717) is 12.2 Å². The molecule has 1 aromatic heterocycles. The molecule has 2 aliphatic rings. The van der Waals surface area contributed by atoms with Crippen molar-refractivity contribution >= 4 is 41.7 Å². The number of thioether (sulfide) groups is 1. The Bertz CT molecular complexity index is 1290. The maximum atomic E-state index is 11.2. The van der Waals surface area contributed by atoms with Crippen molar-refractivity contribution < 1.29 is 9.59 Å². The number of carbonyl (C=O) groups is 2. The summed E-state index contributed by atoms with van der Waals surface area (Å²) < 4.78 is 0. The monoisotopic (exact) mass is 547 g/mol. The average molecular weight is 548 g/mol. The van der Waals surface area contributed by atoms with Gasteiger partial charge < -0.3 is 15.5 Å². The molecule has 39 heavy (non-hydrogen) atoms. The molecule has 0 saturated heterocycles. The molecule has 3 N–H and O–H groups in total. The van der Waals surface area contributed by atoms with Crippen molar-refractivity contribution in [2.24, 2.45) is 10.7 Å². The van der Waals surface area contributed by atoms with Crippen molar-refractivity contribution in [1.82, 2.24) is 15.2 Å². The van der Waals surface area contributed by atoms with Gasteiger partial charge in [-0.05, 0) is 60.4 Å². The van der Waals surface area contributed by atoms with Gasteiger partial charge in [0.05, 0.1) is 5.69 Å².